The molecule has 1 aromatic carbocycles. The molecule has 1 saturated heterocycles. The molecule has 1 unspecified atom stereocenters. The van der Waals surface area contributed by atoms with Crippen LogP contribution in [0.5, 0.6) is 0 Å². The summed E-state index contributed by atoms with van der Waals surface area (Å²) in [7, 11) is 0. The van der Waals surface area contributed by atoms with Gasteiger partial charge in [-0.15, -0.1) is 12.4 Å². The Labute approximate surface area is 130 Å². The van der Waals surface area contributed by atoms with Gasteiger partial charge in [-0.1, -0.05) is 18.6 Å². The summed E-state index contributed by atoms with van der Waals surface area (Å²) in [6, 6.07) is 6.67. The monoisotopic (exact) mass is 313 g/mol. The van der Waals surface area contributed by atoms with Gasteiger partial charge in [0, 0.05) is 19.1 Å². The molecule has 1 saturated carbocycles. The van der Waals surface area contributed by atoms with E-state index >= 15 is 0 Å². The summed E-state index contributed by atoms with van der Waals surface area (Å²) in [5.41, 5.74) is 0.354. The molecule has 0 aromatic heterocycles. The topological polar surface area (TPSA) is 40.5 Å². The van der Waals surface area contributed by atoms with E-state index < -0.39 is 11.4 Å². The van der Waals surface area contributed by atoms with Gasteiger partial charge in [-0.05, 0) is 43.4 Å². The minimum Gasteiger partial charge on any atom is -0.481 e. The summed E-state index contributed by atoms with van der Waals surface area (Å²) in [5.74, 6) is -0.647. The second-order valence-corrected chi connectivity index (χ2v) is 6.21. The summed E-state index contributed by atoms with van der Waals surface area (Å²) in [4.78, 5) is 13.9. The lowest BCUT2D eigenvalue weighted by Crippen LogP contribution is -2.36. The van der Waals surface area contributed by atoms with Crippen molar-refractivity contribution in [1.82, 2.24) is 4.90 Å². The van der Waals surface area contributed by atoms with Gasteiger partial charge in [0.25, 0.3) is 0 Å². The van der Waals surface area contributed by atoms with Crippen molar-refractivity contribution < 1.29 is 14.3 Å². The number of hydrogen-bond donors (Lipinski definition) is 1. The van der Waals surface area contributed by atoms with E-state index in [1.807, 2.05) is 13.0 Å². The van der Waals surface area contributed by atoms with Crippen LogP contribution in [0.1, 0.15) is 37.8 Å². The zero-order valence-electron chi connectivity index (χ0n) is 12.1. The van der Waals surface area contributed by atoms with Gasteiger partial charge in [0.05, 0.1) is 5.41 Å². The Bertz CT molecular complexity index is 539. The van der Waals surface area contributed by atoms with Gasteiger partial charge in [-0.2, -0.15) is 0 Å². The van der Waals surface area contributed by atoms with Crippen LogP contribution in [0.15, 0.2) is 24.3 Å². The van der Waals surface area contributed by atoms with Crippen molar-refractivity contribution in [2.24, 2.45) is 11.3 Å². The van der Waals surface area contributed by atoms with E-state index in [0.29, 0.717) is 6.54 Å². The molecule has 1 aliphatic carbocycles. The van der Waals surface area contributed by atoms with Gasteiger partial charge in [-0.3, -0.25) is 9.69 Å². The maximum Gasteiger partial charge on any atom is 0.311 e. The highest BCUT2D eigenvalue weighted by Gasteiger charge is 2.55. The smallest absolute Gasteiger partial charge is 0.311 e. The molecule has 0 amide bonds. The predicted molar refractivity (Wildman–Crippen MR) is 81.0 cm³/mol. The third-order valence-corrected chi connectivity index (χ3v) is 5.20. The third kappa shape index (κ3) is 2.67. The first-order valence-electron chi connectivity index (χ1n) is 7.26. The lowest BCUT2D eigenvalue weighted by Gasteiger charge is -2.27. The van der Waals surface area contributed by atoms with Gasteiger partial charge in [-0.25, -0.2) is 4.39 Å². The quantitative estimate of drug-likeness (QED) is 0.928. The fourth-order valence-corrected chi connectivity index (χ4v) is 3.95. The maximum absolute atomic E-state index is 13.3. The largest absolute Gasteiger partial charge is 0.481 e. The van der Waals surface area contributed by atoms with Gasteiger partial charge in [0.1, 0.15) is 5.82 Å². The lowest BCUT2D eigenvalue weighted by atomic mass is 9.81. The highest BCUT2D eigenvalue weighted by atomic mass is 35.5. The standard InChI is InChI=1S/C16H20FNO2.ClH/c1-11(12-4-2-6-14(17)8-12)18-9-13-5-3-7-16(13,10-18)15(19)20;/h2,4,6,8,11,13H,3,5,7,9-10H2,1H3,(H,19,20);1H/t11?,13-,16+;/m0./s1. The van der Waals surface area contributed by atoms with Crippen LogP contribution in [0.2, 0.25) is 0 Å². The average molecular weight is 314 g/mol. The number of nitrogens with zero attached hydrogens (tertiary/aromatic N) is 1. The Balaban J connectivity index is 0.00000161. The van der Waals surface area contributed by atoms with Crippen LogP contribution < -0.4 is 0 Å². The molecular formula is C16H21ClFNO2. The van der Waals surface area contributed by atoms with Crippen molar-refractivity contribution in [2.75, 3.05) is 13.1 Å². The number of hydrogen-bond acceptors (Lipinski definition) is 2. The fourth-order valence-electron chi connectivity index (χ4n) is 3.95. The van der Waals surface area contributed by atoms with E-state index in [9.17, 15) is 14.3 Å². The van der Waals surface area contributed by atoms with Crippen LogP contribution in [0.4, 0.5) is 4.39 Å². The first kappa shape index (κ1) is 16.2. The number of rotatable bonds is 3. The second kappa shape index (κ2) is 5.93. The van der Waals surface area contributed by atoms with Crippen LogP contribution in [0.25, 0.3) is 0 Å². The Morgan fingerprint density at radius 1 is 1.52 bits per heavy atom. The first-order valence-corrected chi connectivity index (χ1v) is 7.26. The van der Waals surface area contributed by atoms with Crippen molar-refractivity contribution in [3.63, 3.8) is 0 Å². The molecular weight excluding hydrogens is 293 g/mol. The molecule has 2 fully saturated rings. The number of carboxylic acid groups (broad SMARTS) is 1. The second-order valence-electron chi connectivity index (χ2n) is 6.21. The van der Waals surface area contributed by atoms with E-state index in [0.717, 1.165) is 31.4 Å². The Morgan fingerprint density at radius 2 is 2.29 bits per heavy atom. The van der Waals surface area contributed by atoms with Crippen LogP contribution in [0, 0.1) is 17.2 Å². The van der Waals surface area contributed by atoms with Crippen molar-refractivity contribution in [1.29, 1.82) is 0 Å². The molecule has 1 heterocycles. The number of carbonyl (C=O) groups is 1. The molecule has 0 radical (unpaired) electrons. The van der Waals surface area contributed by atoms with Gasteiger partial charge in [0.15, 0.2) is 0 Å². The van der Waals surface area contributed by atoms with Gasteiger partial charge < -0.3 is 5.11 Å². The van der Waals surface area contributed by atoms with Crippen LogP contribution in [-0.2, 0) is 4.79 Å². The molecule has 2 aliphatic rings. The first-order chi connectivity index (χ1) is 9.53. The number of halogens is 2. The zero-order valence-corrected chi connectivity index (χ0v) is 12.9. The minimum absolute atomic E-state index is 0. The zero-order chi connectivity index (χ0) is 14.3. The number of aliphatic carboxylic acids is 1. The summed E-state index contributed by atoms with van der Waals surface area (Å²) in [5, 5.41) is 9.60. The normalized spacial score (nSPS) is 29.7. The molecule has 0 bridgehead atoms. The molecule has 5 heteroatoms. The SMILES string of the molecule is CC(c1cccc(F)c1)N1C[C@@H]2CCC[C@@]2(C(=O)O)C1.Cl. The van der Waals surface area contributed by atoms with E-state index in [1.165, 1.54) is 6.07 Å². The molecule has 1 aliphatic heterocycles. The molecule has 1 aromatic rings. The molecule has 3 rings (SSSR count). The van der Waals surface area contributed by atoms with E-state index in [4.69, 9.17) is 0 Å². The molecule has 21 heavy (non-hydrogen) atoms. The van der Waals surface area contributed by atoms with Crippen molar-refractivity contribution in [2.45, 2.75) is 32.2 Å². The Hall–Kier alpha value is -1.13. The lowest BCUT2D eigenvalue weighted by molar-refractivity contribution is -0.149. The summed E-state index contributed by atoms with van der Waals surface area (Å²) >= 11 is 0. The molecule has 116 valence electrons. The maximum atomic E-state index is 13.3. The number of fused-ring (bicyclic) bond motifs is 1. The average Bonchev–Trinajstić information content (AvgIpc) is 2.95. The Morgan fingerprint density at radius 3 is 2.90 bits per heavy atom. The highest BCUT2D eigenvalue weighted by molar-refractivity contribution is 5.85. The molecule has 1 N–H and O–H groups in total. The predicted octanol–water partition coefficient (Wildman–Crippen LogP) is 3.50. The van der Waals surface area contributed by atoms with Crippen LogP contribution >= 0.6 is 12.4 Å². The minimum atomic E-state index is -0.658. The van der Waals surface area contributed by atoms with Gasteiger partial charge >= 0.3 is 5.97 Å². The highest BCUT2D eigenvalue weighted by Crippen LogP contribution is 2.50. The summed E-state index contributed by atoms with van der Waals surface area (Å²) in [6.07, 6.45) is 2.79. The molecule has 0 spiro atoms. The van der Waals surface area contributed by atoms with Crippen LogP contribution in [0.3, 0.4) is 0 Å². The molecule has 3 atom stereocenters. The number of benzene rings is 1. The summed E-state index contributed by atoms with van der Waals surface area (Å²) < 4.78 is 13.3. The van der Waals surface area contributed by atoms with Gasteiger partial charge in [0.2, 0.25) is 0 Å². The van der Waals surface area contributed by atoms with Crippen molar-refractivity contribution >= 4 is 18.4 Å². The third-order valence-electron chi connectivity index (χ3n) is 5.20. The summed E-state index contributed by atoms with van der Waals surface area (Å²) in [6.45, 7) is 3.43. The van der Waals surface area contributed by atoms with E-state index in [-0.39, 0.29) is 30.2 Å². The Kier molecular flexibility index (Phi) is 4.59. The fraction of sp³-hybridized carbons (Fsp3) is 0.562. The van der Waals surface area contributed by atoms with E-state index in [2.05, 4.69) is 4.90 Å². The van der Waals surface area contributed by atoms with Crippen molar-refractivity contribution in [3.8, 4) is 0 Å². The number of likely N-dealkylation sites (tertiary alicyclic amines) is 1. The van der Waals surface area contributed by atoms with E-state index in [1.54, 1.807) is 12.1 Å². The molecule has 3 nitrogen and oxygen atoms in total. The van der Waals surface area contributed by atoms with Crippen molar-refractivity contribution in [3.05, 3.63) is 35.6 Å². The number of carboxylic acids is 1. The van der Waals surface area contributed by atoms with Crippen LogP contribution in [-0.4, -0.2) is 29.1 Å².